The number of nitrogens with zero attached hydrogens (tertiary/aromatic N) is 2. The van der Waals surface area contributed by atoms with Crippen LogP contribution in [0.3, 0.4) is 0 Å². The summed E-state index contributed by atoms with van der Waals surface area (Å²) in [5, 5.41) is 12.9. The van der Waals surface area contributed by atoms with Gasteiger partial charge in [0.15, 0.2) is 5.82 Å². The molecule has 0 saturated carbocycles. The molecule has 0 unspecified atom stereocenters. The van der Waals surface area contributed by atoms with E-state index in [4.69, 9.17) is 9.63 Å². The van der Waals surface area contributed by atoms with Crippen molar-refractivity contribution < 1.29 is 9.63 Å². The summed E-state index contributed by atoms with van der Waals surface area (Å²) < 4.78 is 5.16. The van der Waals surface area contributed by atoms with Crippen LogP contribution in [0.1, 0.15) is 30.6 Å². The van der Waals surface area contributed by atoms with E-state index in [-0.39, 0.29) is 6.61 Å². The number of hydrogen-bond donors (Lipinski definition) is 1. The maximum Gasteiger partial charge on any atom is 0.237 e. The Kier molecular flexibility index (Phi) is 4.78. The largest absolute Gasteiger partial charge is 0.392 e. The van der Waals surface area contributed by atoms with Crippen LogP contribution in [-0.4, -0.2) is 15.2 Å². The molecule has 0 aliphatic carbocycles. The number of aliphatic hydroxyl groups is 1. The number of benzene rings is 1. The third kappa shape index (κ3) is 3.58. The van der Waals surface area contributed by atoms with Gasteiger partial charge in [-0.25, -0.2) is 0 Å². The molecule has 0 aliphatic heterocycles. The van der Waals surface area contributed by atoms with Crippen LogP contribution in [-0.2, 0) is 18.8 Å². The minimum absolute atomic E-state index is 0.0784. The van der Waals surface area contributed by atoms with Gasteiger partial charge in [-0.15, -0.1) is 11.8 Å². The van der Waals surface area contributed by atoms with Crippen molar-refractivity contribution in [3.63, 3.8) is 0 Å². The van der Waals surface area contributed by atoms with Crippen LogP contribution in [0.15, 0.2) is 33.7 Å². The highest BCUT2D eigenvalue weighted by atomic mass is 32.2. The first kappa shape index (κ1) is 13.1. The average Bonchev–Trinajstić information content (AvgIpc) is 2.85. The molecule has 0 amide bonds. The Bertz CT molecular complexity index is 482. The lowest BCUT2D eigenvalue weighted by Gasteiger charge is -1.99. The van der Waals surface area contributed by atoms with Crippen molar-refractivity contribution in [3.05, 3.63) is 41.5 Å². The Balaban J connectivity index is 1.89. The van der Waals surface area contributed by atoms with Gasteiger partial charge < -0.3 is 9.63 Å². The monoisotopic (exact) mass is 264 g/mol. The molecule has 1 N–H and O–H groups in total. The van der Waals surface area contributed by atoms with E-state index in [0.717, 1.165) is 29.1 Å². The van der Waals surface area contributed by atoms with Gasteiger partial charge in [-0.05, 0) is 24.1 Å². The van der Waals surface area contributed by atoms with E-state index in [2.05, 4.69) is 17.1 Å². The molecule has 0 aliphatic rings. The smallest absolute Gasteiger partial charge is 0.237 e. The molecular weight excluding hydrogens is 248 g/mol. The quantitative estimate of drug-likeness (QED) is 0.813. The van der Waals surface area contributed by atoms with Crippen LogP contribution in [0.4, 0.5) is 0 Å². The summed E-state index contributed by atoms with van der Waals surface area (Å²) in [4.78, 5) is 5.44. The summed E-state index contributed by atoms with van der Waals surface area (Å²) in [7, 11) is 0. The number of rotatable bonds is 6. The van der Waals surface area contributed by atoms with Crippen molar-refractivity contribution >= 4 is 11.8 Å². The van der Waals surface area contributed by atoms with Gasteiger partial charge in [0.05, 0.1) is 12.4 Å². The van der Waals surface area contributed by atoms with Crippen LogP contribution in [0.25, 0.3) is 0 Å². The molecule has 2 rings (SSSR count). The Labute approximate surface area is 110 Å². The van der Waals surface area contributed by atoms with Crippen LogP contribution in [0.5, 0.6) is 0 Å². The Morgan fingerprint density at radius 1 is 1.28 bits per heavy atom. The van der Waals surface area contributed by atoms with Crippen LogP contribution < -0.4 is 0 Å². The highest BCUT2D eigenvalue weighted by molar-refractivity contribution is 7.98. The number of aromatic nitrogens is 2. The van der Waals surface area contributed by atoms with Crippen molar-refractivity contribution in [3.8, 4) is 0 Å². The lowest BCUT2D eigenvalue weighted by Crippen LogP contribution is -1.87. The molecule has 1 aromatic heterocycles. The lowest BCUT2D eigenvalue weighted by molar-refractivity contribution is 0.282. The fourth-order valence-electron chi connectivity index (χ4n) is 1.51. The third-order valence-electron chi connectivity index (χ3n) is 2.45. The molecule has 1 aromatic carbocycles. The first-order chi connectivity index (χ1) is 8.81. The summed E-state index contributed by atoms with van der Waals surface area (Å²) in [5.41, 5.74) is 0.919. The van der Waals surface area contributed by atoms with Gasteiger partial charge in [-0.1, -0.05) is 24.2 Å². The molecule has 5 heteroatoms. The zero-order valence-electron chi connectivity index (χ0n) is 10.3. The molecule has 18 heavy (non-hydrogen) atoms. The maximum atomic E-state index is 8.95. The fourth-order valence-corrected chi connectivity index (χ4v) is 2.25. The van der Waals surface area contributed by atoms with E-state index in [9.17, 15) is 0 Å². The number of aryl methyl sites for hydroxylation is 1. The van der Waals surface area contributed by atoms with E-state index in [1.165, 1.54) is 0 Å². The van der Waals surface area contributed by atoms with Gasteiger partial charge in [-0.2, -0.15) is 4.98 Å². The molecule has 4 nitrogen and oxygen atoms in total. The van der Waals surface area contributed by atoms with Crippen LogP contribution >= 0.6 is 11.8 Å². The molecule has 0 radical (unpaired) electrons. The molecule has 0 fully saturated rings. The van der Waals surface area contributed by atoms with E-state index in [1.54, 1.807) is 11.8 Å². The van der Waals surface area contributed by atoms with Crippen molar-refractivity contribution in [2.75, 3.05) is 0 Å². The minimum atomic E-state index is 0.0784. The average molecular weight is 264 g/mol. The third-order valence-corrected chi connectivity index (χ3v) is 3.45. The lowest BCUT2D eigenvalue weighted by atomic mass is 10.2. The number of hydrogen-bond acceptors (Lipinski definition) is 5. The molecule has 96 valence electrons. The summed E-state index contributed by atoms with van der Waals surface area (Å²) in [6.07, 6.45) is 1.88. The van der Waals surface area contributed by atoms with Gasteiger partial charge in [0, 0.05) is 11.3 Å². The number of thioether (sulfide) groups is 1. The van der Waals surface area contributed by atoms with E-state index in [1.807, 2.05) is 24.3 Å². The summed E-state index contributed by atoms with van der Waals surface area (Å²) in [6, 6.07) is 7.80. The Hall–Kier alpha value is -1.33. The van der Waals surface area contributed by atoms with Gasteiger partial charge in [0.25, 0.3) is 0 Å². The number of aliphatic hydroxyl groups excluding tert-OH is 1. The minimum Gasteiger partial charge on any atom is -0.392 e. The highest BCUT2D eigenvalue weighted by Gasteiger charge is 2.06. The Morgan fingerprint density at radius 3 is 2.72 bits per heavy atom. The van der Waals surface area contributed by atoms with Crippen molar-refractivity contribution in [2.24, 2.45) is 0 Å². The van der Waals surface area contributed by atoms with Gasteiger partial charge in [0.1, 0.15) is 0 Å². The second-order valence-corrected chi connectivity index (χ2v) is 4.99. The van der Waals surface area contributed by atoms with Gasteiger partial charge in [0.2, 0.25) is 5.89 Å². The molecule has 0 atom stereocenters. The predicted molar refractivity (Wildman–Crippen MR) is 70.2 cm³/mol. The molecular formula is C13H16N2O2S. The van der Waals surface area contributed by atoms with Crippen LogP contribution in [0.2, 0.25) is 0 Å². The first-order valence-electron chi connectivity index (χ1n) is 5.96. The fraction of sp³-hybridized carbons (Fsp3) is 0.385. The second-order valence-electron chi connectivity index (χ2n) is 3.95. The standard InChI is InChI=1S/C13H16N2O2S/c1-2-3-12-14-13(17-15-12)9-18-11-6-4-10(8-16)5-7-11/h4-7,16H,2-3,8-9H2,1H3. The maximum absolute atomic E-state index is 8.95. The zero-order chi connectivity index (χ0) is 12.8. The van der Waals surface area contributed by atoms with Gasteiger partial charge in [-0.3, -0.25) is 0 Å². The predicted octanol–water partition coefficient (Wildman–Crippen LogP) is 2.81. The molecule has 0 spiro atoms. The zero-order valence-corrected chi connectivity index (χ0v) is 11.1. The SMILES string of the molecule is CCCc1noc(CSc2ccc(CO)cc2)n1. The molecule has 0 bridgehead atoms. The molecule has 1 heterocycles. The van der Waals surface area contributed by atoms with Gasteiger partial charge >= 0.3 is 0 Å². The van der Waals surface area contributed by atoms with E-state index >= 15 is 0 Å². The normalized spacial score (nSPS) is 10.8. The first-order valence-corrected chi connectivity index (χ1v) is 6.94. The molecule has 0 saturated heterocycles. The highest BCUT2D eigenvalue weighted by Crippen LogP contribution is 2.22. The molecule has 2 aromatic rings. The summed E-state index contributed by atoms with van der Waals surface area (Å²) in [5.74, 6) is 2.12. The summed E-state index contributed by atoms with van der Waals surface area (Å²) in [6.45, 7) is 2.17. The van der Waals surface area contributed by atoms with E-state index < -0.39 is 0 Å². The second kappa shape index (κ2) is 6.56. The van der Waals surface area contributed by atoms with E-state index in [0.29, 0.717) is 11.6 Å². The van der Waals surface area contributed by atoms with Crippen LogP contribution in [0, 0.1) is 0 Å². The summed E-state index contributed by atoms with van der Waals surface area (Å²) >= 11 is 1.65. The van der Waals surface area contributed by atoms with Crippen molar-refractivity contribution in [1.82, 2.24) is 10.1 Å². The van der Waals surface area contributed by atoms with Crippen molar-refractivity contribution in [2.45, 2.75) is 37.0 Å². The van der Waals surface area contributed by atoms with Crippen molar-refractivity contribution in [1.29, 1.82) is 0 Å². The Morgan fingerprint density at radius 2 is 2.06 bits per heavy atom. The topological polar surface area (TPSA) is 59.2 Å².